The Hall–Kier alpha value is -0.300. The summed E-state index contributed by atoms with van der Waals surface area (Å²) in [5.74, 6) is 0. The van der Waals surface area contributed by atoms with E-state index in [9.17, 15) is 0 Å². The summed E-state index contributed by atoms with van der Waals surface area (Å²) in [6.07, 6.45) is 2.27. The summed E-state index contributed by atoms with van der Waals surface area (Å²) in [4.78, 5) is 0. The lowest BCUT2D eigenvalue weighted by molar-refractivity contribution is 1.10. The highest BCUT2D eigenvalue weighted by Crippen LogP contribution is 2.07. The number of aryl methyl sites for hydroxylation is 2. The lowest BCUT2D eigenvalue weighted by Crippen LogP contribution is -1.87. The summed E-state index contributed by atoms with van der Waals surface area (Å²) in [6, 6.07) is 8.77. The number of benzene rings is 1. The molecule has 11 heavy (non-hydrogen) atoms. The number of hydrogen-bond acceptors (Lipinski definition) is 0. The summed E-state index contributed by atoms with van der Waals surface area (Å²) in [5.41, 5.74) is 2.87. The standard InChI is InChI=1S/C10H13Br/c1-2-9-4-3-5-10(8-9)6-7-11/h3-5,8H,2,6-7H2,1H3. The molecule has 0 N–H and O–H groups in total. The normalized spacial score (nSPS) is 10.0. The molecule has 0 fully saturated rings. The van der Waals surface area contributed by atoms with Crippen LogP contribution in [-0.2, 0) is 12.8 Å². The van der Waals surface area contributed by atoms with Crippen LogP contribution < -0.4 is 0 Å². The largest absolute Gasteiger partial charge is 0.0924 e. The minimum absolute atomic E-state index is 1.06. The Morgan fingerprint density at radius 3 is 2.64 bits per heavy atom. The molecule has 0 aromatic heterocycles. The Morgan fingerprint density at radius 2 is 2.00 bits per heavy atom. The molecule has 0 amide bonds. The molecule has 0 bridgehead atoms. The number of halogens is 1. The fourth-order valence-corrected chi connectivity index (χ4v) is 1.57. The van der Waals surface area contributed by atoms with Gasteiger partial charge in [-0.3, -0.25) is 0 Å². The first-order chi connectivity index (χ1) is 5.36. The predicted molar refractivity (Wildman–Crippen MR) is 53.3 cm³/mol. The lowest BCUT2D eigenvalue weighted by atomic mass is 10.1. The first kappa shape index (κ1) is 8.79. The average molecular weight is 213 g/mol. The highest BCUT2D eigenvalue weighted by molar-refractivity contribution is 9.09. The molecule has 60 valence electrons. The molecular weight excluding hydrogens is 200 g/mol. The van der Waals surface area contributed by atoms with Crippen LogP contribution in [0.15, 0.2) is 24.3 Å². The summed E-state index contributed by atoms with van der Waals surface area (Å²) in [5, 5.41) is 1.06. The first-order valence-corrected chi connectivity index (χ1v) is 5.12. The van der Waals surface area contributed by atoms with Crippen molar-refractivity contribution in [1.82, 2.24) is 0 Å². The molecule has 1 aromatic rings. The van der Waals surface area contributed by atoms with Crippen LogP contribution in [0.3, 0.4) is 0 Å². The van der Waals surface area contributed by atoms with Crippen molar-refractivity contribution in [3.05, 3.63) is 35.4 Å². The maximum absolute atomic E-state index is 3.43. The molecule has 0 heterocycles. The Kier molecular flexibility index (Phi) is 3.64. The van der Waals surface area contributed by atoms with Crippen LogP contribution >= 0.6 is 15.9 Å². The van der Waals surface area contributed by atoms with Crippen molar-refractivity contribution in [2.24, 2.45) is 0 Å². The van der Waals surface area contributed by atoms with Gasteiger partial charge in [0, 0.05) is 5.33 Å². The van der Waals surface area contributed by atoms with Crippen molar-refractivity contribution in [2.75, 3.05) is 5.33 Å². The minimum Gasteiger partial charge on any atom is -0.0924 e. The molecule has 0 aliphatic heterocycles. The molecule has 0 nitrogen and oxygen atoms in total. The van der Waals surface area contributed by atoms with Gasteiger partial charge in [0.1, 0.15) is 0 Å². The predicted octanol–water partition coefficient (Wildman–Crippen LogP) is 3.19. The molecule has 0 radical (unpaired) electrons. The monoisotopic (exact) mass is 212 g/mol. The molecule has 0 saturated heterocycles. The second kappa shape index (κ2) is 4.55. The van der Waals surface area contributed by atoms with E-state index in [0.29, 0.717) is 0 Å². The molecular formula is C10H13Br. The molecule has 0 saturated carbocycles. The summed E-state index contributed by atoms with van der Waals surface area (Å²) >= 11 is 3.43. The van der Waals surface area contributed by atoms with Gasteiger partial charge in [0.25, 0.3) is 0 Å². The van der Waals surface area contributed by atoms with E-state index < -0.39 is 0 Å². The van der Waals surface area contributed by atoms with E-state index in [2.05, 4.69) is 47.1 Å². The molecule has 1 heteroatoms. The second-order valence-electron chi connectivity index (χ2n) is 2.61. The van der Waals surface area contributed by atoms with E-state index in [-0.39, 0.29) is 0 Å². The van der Waals surface area contributed by atoms with Crippen LogP contribution in [-0.4, -0.2) is 5.33 Å². The third kappa shape index (κ3) is 2.66. The number of alkyl halides is 1. The minimum atomic E-state index is 1.06. The maximum atomic E-state index is 3.43. The van der Waals surface area contributed by atoms with E-state index in [4.69, 9.17) is 0 Å². The molecule has 0 unspecified atom stereocenters. The smallest absolute Gasteiger partial charge is 0.00718 e. The van der Waals surface area contributed by atoms with E-state index >= 15 is 0 Å². The van der Waals surface area contributed by atoms with Gasteiger partial charge in [-0.25, -0.2) is 0 Å². The first-order valence-electron chi connectivity index (χ1n) is 4.00. The quantitative estimate of drug-likeness (QED) is 0.676. The molecule has 1 aromatic carbocycles. The number of hydrogen-bond donors (Lipinski definition) is 0. The highest BCUT2D eigenvalue weighted by Gasteiger charge is 1.92. The SMILES string of the molecule is CCc1cccc(CCBr)c1. The maximum Gasteiger partial charge on any atom is 0.00718 e. The molecule has 0 atom stereocenters. The van der Waals surface area contributed by atoms with E-state index in [1.165, 1.54) is 11.1 Å². The van der Waals surface area contributed by atoms with Crippen molar-refractivity contribution in [1.29, 1.82) is 0 Å². The van der Waals surface area contributed by atoms with E-state index in [0.717, 1.165) is 18.2 Å². The lowest BCUT2D eigenvalue weighted by Gasteiger charge is -2.00. The molecule has 0 aliphatic rings. The zero-order valence-electron chi connectivity index (χ0n) is 6.81. The molecule has 1 rings (SSSR count). The number of rotatable bonds is 3. The molecule has 0 spiro atoms. The third-order valence-corrected chi connectivity index (χ3v) is 2.18. The fourth-order valence-electron chi connectivity index (χ4n) is 1.11. The van der Waals surface area contributed by atoms with Crippen LogP contribution in [0.4, 0.5) is 0 Å². The van der Waals surface area contributed by atoms with Crippen LogP contribution in [0.1, 0.15) is 18.1 Å². The average Bonchev–Trinajstić information content (AvgIpc) is 2.06. The fraction of sp³-hybridized carbons (Fsp3) is 0.400. The van der Waals surface area contributed by atoms with Crippen LogP contribution in [0, 0.1) is 0 Å². The van der Waals surface area contributed by atoms with Gasteiger partial charge in [-0.2, -0.15) is 0 Å². The zero-order valence-corrected chi connectivity index (χ0v) is 8.39. The van der Waals surface area contributed by atoms with Gasteiger partial charge in [0.15, 0.2) is 0 Å². The van der Waals surface area contributed by atoms with E-state index in [1.54, 1.807) is 0 Å². The third-order valence-electron chi connectivity index (χ3n) is 1.78. The Labute approximate surface area is 76.8 Å². The van der Waals surface area contributed by atoms with Gasteiger partial charge in [-0.1, -0.05) is 47.1 Å². The van der Waals surface area contributed by atoms with Gasteiger partial charge >= 0.3 is 0 Å². The van der Waals surface area contributed by atoms with Crippen molar-refractivity contribution in [2.45, 2.75) is 19.8 Å². The van der Waals surface area contributed by atoms with Crippen LogP contribution in [0.2, 0.25) is 0 Å². The summed E-state index contributed by atoms with van der Waals surface area (Å²) in [6.45, 7) is 2.19. The van der Waals surface area contributed by atoms with Gasteiger partial charge in [0.2, 0.25) is 0 Å². The van der Waals surface area contributed by atoms with E-state index in [1.807, 2.05) is 0 Å². The Balaban J connectivity index is 2.74. The van der Waals surface area contributed by atoms with Crippen molar-refractivity contribution in [3.8, 4) is 0 Å². The van der Waals surface area contributed by atoms with Gasteiger partial charge in [0.05, 0.1) is 0 Å². The Morgan fingerprint density at radius 1 is 1.27 bits per heavy atom. The van der Waals surface area contributed by atoms with Crippen molar-refractivity contribution in [3.63, 3.8) is 0 Å². The van der Waals surface area contributed by atoms with Crippen molar-refractivity contribution >= 4 is 15.9 Å². The Bertz CT molecular complexity index is 218. The van der Waals surface area contributed by atoms with Gasteiger partial charge in [-0.05, 0) is 24.0 Å². The van der Waals surface area contributed by atoms with Gasteiger partial charge in [-0.15, -0.1) is 0 Å². The van der Waals surface area contributed by atoms with Gasteiger partial charge < -0.3 is 0 Å². The topological polar surface area (TPSA) is 0 Å². The van der Waals surface area contributed by atoms with Crippen LogP contribution in [0.5, 0.6) is 0 Å². The molecule has 0 aliphatic carbocycles. The second-order valence-corrected chi connectivity index (χ2v) is 3.41. The van der Waals surface area contributed by atoms with Crippen LogP contribution in [0.25, 0.3) is 0 Å². The highest BCUT2D eigenvalue weighted by atomic mass is 79.9. The summed E-state index contributed by atoms with van der Waals surface area (Å²) in [7, 11) is 0. The van der Waals surface area contributed by atoms with Crippen molar-refractivity contribution < 1.29 is 0 Å². The summed E-state index contributed by atoms with van der Waals surface area (Å²) < 4.78 is 0. The zero-order chi connectivity index (χ0) is 8.10.